The van der Waals surface area contributed by atoms with E-state index in [1.54, 1.807) is 18.5 Å². The maximum atomic E-state index is 13.3. The summed E-state index contributed by atoms with van der Waals surface area (Å²) in [5.74, 6) is -0.0379. The van der Waals surface area contributed by atoms with Crippen molar-refractivity contribution in [1.82, 2.24) is 19.4 Å². The van der Waals surface area contributed by atoms with Crippen molar-refractivity contribution in [3.05, 3.63) is 83.7 Å². The Kier molecular flexibility index (Phi) is 5.21. The number of imidazole rings is 1. The van der Waals surface area contributed by atoms with Crippen LogP contribution in [0.5, 0.6) is 0 Å². The fraction of sp³-hybridized carbons (Fsp3) is 0.269. The van der Waals surface area contributed by atoms with Crippen molar-refractivity contribution in [3.8, 4) is 11.1 Å². The number of aryl methyl sites for hydroxylation is 2. The van der Waals surface area contributed by atoms with Crippen LogP contribution in [0.1, 0.15) is 40.5 Å². The smallest absolute Gasteiger partial charge is 0.253 e. The SMILES string of the molecule is Cc1cc(-c2ccc(F)cc2)cc(C2CCCN(C(=O)c3ccc4c(c3)ncn4C)C2)n1. The summed E-state index contributed by atoms with van der Waals surface area (Å²) in [4.78, 5) is 24.3. The fourth-order valence-corrected chi connectivity index (χ4v) is 4.57. The van der Waals surface area contributed by atoms with Crippen LogP contribution in [0.2, 0.25) is 0 Å². The number of nitrogens with zero attached hydrogens (tertiary/aromatic N) is 4. The summed E-state index contributed by atoms with van der Waals surface area (Å²) >= 11 is 0. The number of hydrogen-bond donors (Lipinski definition) is 0. The van der Waals surface area contributed by atoms with Crippen molar-refractivity contribution in [2.75, 3.05) is 13.1 Å². The zero-order valence-electron chi connectivity index (χ0n) is 18.3. The fourth-order valence-electron chi connectivity index (χ4n) is 4.57. The Morgan fingerprint density at radius 3 is 2.69 bits per heavy atom. The molecule has 1 saturated heterocycles. The zero-order chi connectivity index (χ0) is 22.2. The Bertz CT molecular complexity index is 1300. The number of amides is 1. The summed E-state index contributed by atoms with van der Waals surface area (Å²) in [5, 5.41) is 0. The highest BCUT2D eigenvalue weighted by atomic mass is 19.1. The largest absolute Gasteiger partial charge is 0.338 e. The summed E-state index contributed by atoms with van der Waals surface area (Å²) in [6, 6.07) is 16.3. The van der Waals surface area contributed by atoms with Gasteiger partial charge in [0.05, 0.1) is 17.4 Å². The summed E-state index contributed by atoms with van der Waals surface area (Å²) in [6.45, 7) is 3.36. The second kappa shape index (κ2) is 8.19. The third-order valence-corrected chi connectivity index (χ3v) is 6.25. The molecule has 0 spiro atoms. The Morgan fingerprint density at radius 1 is 1.06 bits per heavy atom. The molecule has 6 heteroatoms. The van der Waals surface area contributed by atoms with E-state index in [0.717, 1.165) is 52.9 Å². The predicted octanol–water partition coefficient (Wildman–Crippen LogP) is 5.10. The molecule has 0 saturated carbocycles. The molecule has 2 aromatic heterocycles. The molecule has 5 nitrogen and oxygen atoms in total. The van der Waals surface area contributed by atoms with Crippen molar-refractivity contribution in [2.45, 2.75) is 25.7 Å². The van der Waals surface area contributed by atoms with Crippen molar-refractivity contribution in [3.63, 3.8) is 0 Å². The molecular weight excluding hydrogens is 403 g/mol. The van der Waals surface area contributed by atoms with Gasteiger partial charge in [0, 0.05) is 43.0 Å². The van der Waals surface area contributed by atoms with E-state index in [0.29, 0.717) is 12.1 Å². The maximum absolute atomic E-state index is 13.3. The number of rotatable bonds is 3. The highest BCUT2D eigenvalue weighted by molar-refractivity contribution is 5.97. The van der Waals surface area contributed by atoms with Gasteiger partial charge in [0.1, 0.15) is 5.82 Å². The number of hydrogen-bond acceptors (Lipinski definition) is 3. The van der Waals surface area contributed by atoms with Crippen LogP contribution in [0.25, 0.3) is 22.2 Å². The number of benzene rings is 2. The van der Waals surface area contributed by atoms with Crippen LogP contribution >= 0.6 is 0 Å². The number of pyridine rings is 1. The van der Waals surface area contributed by atoms with Gasteiger partial charge < -0.3 is 9.47 Å². The predicted molar refractivity (Wildman–Crippen MR) is 123 cm³/mol. The van der Waals surface area contributed by atoms with Gasteiger partial charge >= 0.3 is 0 Å². The lowest BCUT2D eigenvalue weighted by atomic mass is 9.91. The van der Waals surface area contributed by atoms with E-state index in [4.69, 9.17) is 4.98 Å². The third kappa shape index (κ3) is 3.88. The minimum Gasteiger partial charge on any atom is -0.338 e. The molecule has 3 heterocycles. The first kappa shape index (κ1) is 20.4. The Hall–Kier alpha value is -3.54. The van der Waals surface area contributed by atoms with Gasteiger partial charge in [-0.05, 0) is 73.4 Å². The normalized spacial score (nSPS) is 16.5. The van der Waals surface area contributed by atoms with Gasteiger partial charge in [-0.2, -0.15) is 0 Å². The van der Waals surface area contributed by atoms with Gasteiger partial charge in [-0.15, -0.1) is 0 Å². The van der Waals surface area contributed by atoms with E-state index < -0.39 is 0 Å². The first-order chi connectivity index (χ1) is 15.5. The molecule has 1 unspecified atom stereocenters. The maximum Gasteiger partial charge on any atom is 0.253 e. The number of likely N-dealkylation sites (tertiary alicyclic amines) is 1. The Morgan fingerprint density at radius 2 is 1.88 bits per heavy atom. The molecule has 2 aromatic carbocycles. The number of halogens is 1. The van der Waals surface area contributed by atoms with Crippen molar-refractivity contribution < 1.29 is 9.18 Å². The van der Waals surface area contributed by atoms with Crippen molar-refractivity contribution >= 4 is 16.9 Å². The molecule has 0 bridgehead atoms. The van der Waals surface area contributed by atoms with Crippen molar-refractivity contribution in [2.24, 2.45) is 7.05 Å². The molecule has 1 aliphatic rings. The first-order valence-corrected chi connectivity index (χ1v) is 10.9. The number of piperidine rings is 1. The summed E-state index contributed by atoms with van der Waals surface area (Å²) in [6.07, 6.45) is 3.68. The highest BCUT2D eigenvalue weighted by Gasteiger charge is 2.27. The number of carbonyl (C=O) groups is 1. The lowest BCUT2D eigenvalue weighted by Gasteiger charge is -2.33. The first-order valence-electron chi connectivity index (χ1n) is 10.9. The number of fused-ring (bicyclic) bond motifs is 1. The summed E-state index contributed by atoms with van der Waals surface area (Å²) in [5.41, 5.74) is 6.41. The van der Waals surface area contributed by atoms with Crippen LogP contribution < -0.4 is 0 Å². The average molecular weight is 429 g/mol. The minimum atomic E-state index is -0.245. The molecule has 1 atom stereocenters. The quantitative estimate of drug-likeness (QED) is 0.456. The molecule has 5 rings (SSSR count). The van der Waals surface area contributed by atoms with E-state index in [-0.39, 0.29) is 17.6 Å². The molecule has 32 heavy (non-hydrogen) atoms. The molecule has 0 aliphatic carbocycles. The second-order valence-corrected chi connectivity index (χ2v) is 8.58. The van der Waals surface area contributed by atoms with Gasteiger partial charge in [0.25, 0.3) is 5.91 Å². The van der Waals surface area contributed by atoms with E-state index >= 15 is 0 Å². The molecule has 4 aromatic rings. The highest BCUT2D eigenvalue weighted by Crippen LogP contribution is 2.30. The standard InChI is InChI=1S/C26H25FN4O/c1-17-12-21(18-5-8-22(27)9-6-18)14-23(29-17)20-4-3-11-31(15-20)26(32)19-7-10-25-24(13-19)28-16-30(25)2/h5-10,12-14,16,20H,3-4,11,15H2,1-2H3. The monoisotopic (exact) mass is 428 g/mol. The summed E-state index contributed by atoms with van der Waals surface area (Å²) in [7, 11) is 1.95. The van der Waals surface area contributed by atoms with Crippen LogP contribution in [0, 0.1) is 12.7 Å². The Labute approximate surface area is 186 Å². The van der Waals surface area contributed by atoms with Crippen LogP contribution in [0.3, 0.4) is 0 Å². The van der Waals surface area contributed by atoms with Crippen LogP contribution in [0.4, 0.5) is 4.39 Å². The topological polar surface area (TPSA) is 51.0 Å². The molecule has 0 N–H and O–H groups in total. The summed E-state index contributed by atoms with van der Waals surface area (Å²) < 4.78 is 15.3. The van der Waals surface area contributed by atoms with Gasteiger partial charge in [-0.1, -0.05) is 12.1 Å². The molecule has 162 valence electrons. The van der Waals surface area contributed by atoms with E-state index in [1.165, 1.54) is 12.1 Å². The van der Waals surface area contributed by atoms with Crippen LogP contribution in [0.15, 0.2) is 60.9 Å². The average Bonchev–Trinajstić information content (AvgIpc) is 3.19. The van der Waals surface area contributed by atoms with Crippen LogP contribution in [-0.2, 0) is 7.05 Å². The lowest BCUT2D eigenvalue weighted by Crippen LogP contribution is -2.39. The van der Waals surface area contributed by atoms with Gasteiger partial charge in [-0.3, -0.25) is 9.78 Å². The third-order valence-electron chi connectivity index (χ3n) is 6.25. The Balaban J connectivity index is 1.39. The van der Waals surface area contributed by atoms with Gasteiger partial charge in [0.15, 0.2) is 0 Å². The van der Waals surface area contributed by atoms with E-state index in [2.05, 4.69) is 11.1 Å². The molecule has 1 amide bonds. The van der Waals surface area contributed by atoms with Crippen LogP contribution in [-0.4, -0.2) is 38.4 Å². The molecular formula is C26H25FN4O. The van der Waals surface area contributed by atoms with E-state index in [1.807, 2.05) is 47.7 Å². The second-order valence-electron chi connectivity index (χ2n) is 8.58. The van der Waals surface area contributed by atoms with Crippen molar-refractivity contribution in [1.29, 1.82) is 0 Å². The number of aromatic nitrogens is 3. The van der Waals surface area contributed by atoms with Gasteiger partial charge in [0.2, 0.25) is 0 Å². The molecule has 0 radical (unpaired) electrons. The molecule has 1 fully saturated rings. The molecule has 1 aliphatic heterocycles. The van der Waals surface area contributed by atoms with Gasteiger partial charge in [-0.25, -0.2) is 9.37 Å². The van der Waals surface area contributed by atoms with E-state index in [9.17, 15) is 9.18 Å². The minimum absolute atomic E-state index is 0.0358. The lowest BCUT2D eigenvalue weighted by molar-refractivity contribution is 0.0706. The number of carbonyl (C=O) groups excluding carboxylic acids is 1. The zero-order valence-corrected chi connectivity index (χ0v) is 18.3.